The van der Waals surface area contributed by atoms with E-state index in [-0.39, 0.29) is 17.9 Å². The van der Waals surface area contributed by atoms with Crippen molar-refractivity contribution < 1.29 is 32.7 Å². The van der Waals surface area contributed by atoms with E-state index in [0.29, 0.717) is 17.7 Å². The van der Waals surface area contributed by atoms with Crippen LogP contribution in [0.2, 0.25) is 0 Å². The first-order valence-electron chi connectivity index (χ1n) is 11.1. The van der Waals surface area contributed by atoms with Crippen LogP contribution in [0.25, 0.3) is 6.08 Å². The quantitative estimate of drug-likeness (QED) is 0.408. The van der Waals surface area contributed by atoms with Crippen LogP contribution in [-0.4, -0.2) is 37.9 Å². The minimum Gasteiger partial charge on any atom is -0.480 e. The number of rotatable bonds is 8. The maximum atomic E-state index is 12.8. The Morgan fingerprint density at radius 2 is 1.81 bits per heavy atom. The van der Waals surface area contributed by atoms with Gasteiger partial charge in [0.25, 0.3) is 5.91 Å². The van der Waals surface area contributed by atoms with Gasteiger partial charge in [-0.25, -0.2) is 9.78 Å². The molecule has 1 fully saturated rings. The number of imidazole rings is 1. The van der Waals surface area contributed by atoms with Crippen molar-refractivity contribution in [3.8, 4) is 0 Å². The van der Waals surface area contributed by atoms with Crippen molar-refractivity contribution in [2.24, 2.45) is 0 Å². The van der Waals surface area contributed by atoms with Crippen molar-refractivity contribution in [3.05, 3.63) is 81.6 Å². The van der Waals surface area contributed by atoms with Gasteiger partial charge in [0.1, 0.15) is 5.54 Å². The van der Waals surface area contributed by atoms with Gasteiger partial charge in [0.15, 0.2) is 5.82 Å². The number of thiophene rings is 1. The molecular weight excluding hydrogens is 495 g/mol. The molecule has 2 aromatic heterocycles. The first-order valence-corrected chi connectivity index (χ1v) is 12.0. The van der Waals surface area contributed by atoms with E-state index in [1.165, 1.54) is 17.5 Å². The average Bonchev–Trinajstić information content (AvgIpc) is 3.60. The number of hydrogen-bond acceptors (Lipinski definition) is 5. The molecule has 1 aliphatic rings. The number of halogens is 3. The molecule has 188 valence electrons. The Morgan fingerprint density at radius 3 is 2.44 bits per heavy atom. The third kappa shape index (κ3) is 5.40. The fraction of sp³-hybridized carbons (Fsp3) is 0.280. The Labute approximate surface area is 208 Å². The summed E-state index contributed by atoms with van der Waals surface area (Å²) in [4.78, 5) is 42.2. The van der Waals surface area contributed by atoms with Crippen LogP contribution < -0.4 is 5.32 Å². The smallest absolute Gasteiger partial charge is 0.416 e. The van der Waals surface area contributed by atoms with E-state index in [1.807, 2.05) is 0 Å². The maximum Gasteiger partial charge on any atom is 0.416 e. The molecule has 2 N–H and O–H groups in total. The van der Waals surface area contributed by atoms with E-state index < -0.39 is 34.9 Å². The predicted octanol–water partition coefficient (Wildman–Crippen LogP) is 5.04. The minimum absolute atomic E-state index is 0.0844. The summed E-state index contributed by atoms with van der Waals surface area (Å²) >= 11 is 1.21. The molecule has 2 heterocycles. The van der Waals surface area contributed by atoms with Crippen molar-refractivity contribution in [2.75, 3.05) is 0 Å². The van der Waals surface area contributed by atoms with Crippen LogP contribution in [0.5, 0.6) is 0 Å². The number of allylic oxidation sites excluding steroid dienone is 1. The molecular formula is C25H22F3N3O4S. The molecule has 1 saturated carbocycles. The van der Waals surface area contributed by atoms with Gasteiger partial charge in [0, 0.05) is 29.4 Å². The Bertz CT molecular complexity index is 1300. The first kappa shape index (κ1) is 25.4. The van der Waals surface area contributed by atoms with Gasteiger partial charge in [0.2, 0.25) is 5.78 Å². The number of carbonyl (C=O) groups excluding carboxylic acids is 2. The summed E-state index contributed by atoms with van der Waals surface area (Å²) in [6.45, 7) is 0.267. The zero-order chi connectivity index (χ0) is 25.9. The number of carbonyl (C=O) groups is 3. The first-order chi connectivity index (χ1) is 17.1. The minimum atomic E-state index is -4.48. The summed E-state index contributed by atoms with van der Waals surface area (Å²) in [5, 5.41) is 12.2. The highest BCUT2D eigenvalue weighted by Crippen LogP contribution is 2.31. The summed E-state index contributed by atoms with van der Waals surface area (Å²) < 4.78 is 39.9. The van der Waals surface area contributed by atoms with Crippen molar-refractivity contribution in [3.63, 3.8) is 0 Å². The lowest BCUT2D eigenvalue weighted by atomic mass is 9.98. The molecule has 0 radical (unpaired) electrons. The van der Waals surface area contributed by atoms with E-state index in [0.717, 1.165) is 42.0 Å². The largest absolute Gasteiger partial charge is 0.480 e. The Hall–Kier alpha value is -3.73. The van der Waals surface area contributed by atoms with Crippen LogP contribution in [0.4, 0.5) is 13.2 Å². The lowest BCUT2D eigenvalue weighted by Gasteiger charge is -2.24. The van der Waals surface area contributed by atoms with Gasteiger partial charge in [-0.2, -0.15) is 13.2 Å². The summed E-state index contributed by atoms with van der Waals surface area (Å²) in [6, 6.07) is 7.32. The molecule has 0 saturated heterocycles. The molecule has 3 aromatic rings. The molecule has 4 rings (SSSR count). The van der Waals surface area contributed by atoms with Crippen LogP contribution in [0.15, 0.2) is 54.9 Å². The highest BCUT2D eigenvalue weighted by molar-refractivity contribution is 7.14. The summed E-state index contributed by atoms with van der Waals surface area (Å²) in [5.74, 6) is -1.87. The highest BCUT2D eigenvalue weighted by atomic mass is 32.1. The lowest BCUT2D eigenvalue weighted by molar-refractivity contribution is -0.144. The van der Waals surface area contributed by atoms with Gasteiger partial charge in [-0.1, -0.05) is 31.1 Å². The summed E-state index contributed by atoms with van der Waals surface area (Å²) in [7, 11) is 0. The number of nitrogens with one attached hydrogen (secondary N) is 1. The number of alkyl halides is 3. The predicted molar refractivity (Wildman–Crippen MR) is 127 cm³/mol. The Kier molecular flexibility index (Phi) is 7.11. The van der Waals surface area contributed by atoms with E-state index in [9.17, 15) is 32.7 Å². The molecule has 7 nitrogen and oxygen atoms in total. The van der Waals surface area contributed by atoms with Crippen LogP contribution in [0, 0.1) is 0 Å². The lowest BCUT2D eigenvalue weighted by Crippen LogP contribution is -2.52. The second-order valence-corrected chi connectivity index (χ2v) is 9.58. The van der Waals surface area contributed by atoms with E-state index in [2.05, 4.69) is 10.3 Å². The molecule has 11 heteroatoms. The fourth-order valence-electron chi connectivity index (χ4n) is 4.10. The zero-order valence-corrected chi connectivity index (χ0v) is 19.7. The van der Waals surface area contributed by atoms with Gasteiger partial charge in [-0.15, -0.1) is 11.3 Å². The van der Waals surface area contributed by atoms with E-state index >= 15 is 0 Å². The second kappa shape index (κ2) is 10.1. The van der Waals surface area contributed by atoms with Gasteiger partial charge in [0.05, 0.1) is 10.4 Å². The zero-order valence-electron chi connectivity index (χ0n) is 18.9. The third-order valence-corrected chi connectivity index (χ3v) is 7.10. The maximum absolute atomic E-state index is 12.8. The Morgan fingerprint density at radius 1 is 1.11 bits per heavy atom. The van der Waals surface area contributed by atoms with Gasteiger partial charge < -0.3 is 15.0 Å². The monoisotopic (exact) mass is 517 g/mol. The van der Waals surface area contributed by atoms with Crippen molar-refractivity contribution in [1.29, 1.82) is 0 Å². The van der Waals surface area contributed by atoms with Crippen molar-refractivity contribution >= 4 is 35.1 Å². The molecule has 1 aromatic carbocycles. The van der Waals surface area contributed by atoms with Crippen LogP contribution >= 0.6 is 11.3 Å². The normalized spacial score (nSPS) is 15.3. The fourth-order valence-corrected chi connectivity index (χ4v) is 4.94. The summed E-state index contributed by atoms with van der Waals surface area (Å²) in [6.07, 6.45) is 4.37. The molecule has 0 unspecified atom stereocenters. The number of carboxylic acids is 1. The van der Waals surface area contributed by atoms with Gasteiger partial charge >= 0.3 is 12.1 Å². The second-order valence-electron chi connectivity index (χ2n) is 8.46. The molecule has 0 aliphatic heterocycles. The van der Waals surface area contributed by atoms with Crippen LogP contribution in [0.1, 0.15) is 62.0 Å². The number of aromatic nitrogens is 2. The highest BCUT2D eigenvalue weighted by Gasteiger charge is 2.42. The Balaban J connectivity index is 1.40. The third-order valence-electron chi connectivity index (χ3n) is 6.05. The molecule has 0 spiro atoms. The summed E-state index contributed by atoms with van der Waals surface area (Å²) in [5.41, 5.74) is -1.96. The molecule has 0 atom stereocenters. The number of benzene rings is 1. The van der Waals surface area contributed by atoms with E-state index in [1.54, 1.807) is 35.0 Å². The molecule has 0 bridgehead atoms. The number of hydrogen-bond donors (Lipinski definition) is 2. The van der Waals surface area contributed by atoms with Crippen molar-refractivity contribution in [2.45, 2.75) is 43.9 Å². The van der Waals surface area contributed by atoms with Crippen LogP contribution in [-0.2, 0) is 17.5 Å². The molecule has 1 amide bonds. The SMILES string of the molecule is O=C(NC1(C(=O)O)CCCC1)c1ccc(/C=C/Cn2ccnc2C(=O)c2ccc(C(F)(F)F)cc2)s1. The number of nitrogens with zero attached hydrogens (tertiary/aromatic N) is 2. The van der Waals surface area contributed by atoms with Gasteiger partial charge in [-0.3, -0.25) is 9.59 Å². The average molecular weight is 518 g/mol. The number of amides is 1. The molecule has 36 heavy (non-hydrogen) atoms. The number of ketones is 1. The van der Waals surface area contributed by atoms with Crippen LogP contribution in [0.3, 0.4) is 0 Å². The van der Waals surface area contributed by atoms with Gasteiger partial charge in [-0.05, 0) is 43.2 Å². The standard InChI is InChI=1S/C25H22F3N3O4S/c26-25(27,28)17-7-5-16(6-8-17)20(32)21-29-13-15-31(21)14-3-4-18-9-10-19(36-18)22(33)30-24(23(34)35)11-1-2-12-24/h3-10,13,15H,1-2,11-12,14H2,(H,30,33)(H,34,35)/b4-3+. The van der Waals surface area contributed by atoms with E-state index in [4.69, 9.17) is 0 Å². The van der Waals surface area contributed by atoms with Crippen molar-refractivity contribution in [1.82, 2.24) is 14.9 Å². The molecule has 1 aliphatic carbocycles. The topological polar surface area (TPSA) is 101 Å². The number of aliphatic carboxylic acids is 1. The number of carboxylic acid groups (broad SMARTS) is 1.